The number of fused-ring (bicyclic) bond motifs is 1. The van der Waals surface area contributed by atoms with Gasteiger partial charge in [-0.05, 0) is 49.2 Å². The lowest BCUT2D eigenvalue weighted by Crippen LogP contribution is -2.41. The van der Waals surface area contributed by atoms with E-state index >= 15 is 0 Å². The summed E-state index contributed by atoms with van der Waals surface area (Å²) in [6, 6.07) is 18.9. The number of benzene rings is 3. The molecule has 4 aromatic rings. The summed E-state index contributed by atoms with van der Waals surface area (Å²) < 4.78 is 17.9. The lowest BCUT2D eigenvalue weighted by molar-refractivity contribution is 0.181. The van der Waals surface area contributed by atoms with E-state index in [1.807, 2.05) is 50.2 Å². The first kappa shape index (κ1) is 27.5. The molecule has 0 spiro atoms. The van der Waals surface area contributed by atoms with Crippen LogP contribution in [0.4, 0.5) is 10.5 Å². The maximum absolute atomic E-state index is 13.9. The van der Waals surface area contributed by atoms with Crippen LogP contribution in [0.5, 0.6) is 17.2 Å². The molecule has 1 atom stereocenters. The van der Waals surface area contributed by atoms with Crippen molar-refractivity contribution in [3.05, 3.63) is 82.9 Å². The average molecular weight is 531 g/mol. The fourth-order valence-electron chi connectivity index (χ4n) is 4.69. The number of rotatable bonds is 10. The lowest BCUT2D eigenvalue weighted by Gasteiger charge is -2.32. The monoisotopic (exact) mass is 530 g/mol. The number of urea groups is 1. The Kier molecular flexibility index (Phi) is 8.70. The van der Waals surface area contributed by atoms with Crippen LogP contribution in [0.1, 0.15) is 38.6 Å². The smallest absolute Gasteiger partial charge is 0.322 e. The Bertz CT molecular complexity index is 1520. The minimum absolute atomic E-state index is 0.229. The molecule has 1 aromatic heterocycles. The molecule has 0 aliphatic carbocycles. The second kappa shape index (κ2) is 12.3. The van der Waals surface area contributed by atoms with E-state index in [1.54, 1.807) is 54.0 Å². The van der Waals surface area contributed by atoms with Gasteiger partial charge in [0.1, 0.15) is 23.1 Å². The first-order valence-corrected chi connectivity index (χ1v) is 12.9. The van der Waals surface area contributed by atoms with Crippen LogP contribution in [-0.2, 0) is 0 Å². The highest BCUT2D eigenvalue weighted by Gasteiger charge is 2.30. The van der Waals surface area contributed by atoms with Gasteiger partial charge in [-0.15, -0.1) is 0 Å². The zero-order chi connectivity index (χ0) is 27.9. The van der Waals surface area contributed by atoms with E-state index in [1.165, 1.54) is 7.11 Å². The van der Waals surface area contributed by atoms with Crippen molar-refractivity contribution >= 4 is 22.6 Å². The van der Waals surface area contributed by atoms with Gasteiger partial charge in [0.2, 0.25) is 0 Å². The number of ether oxygens (including phenoxy) is 3. The molecular formula is C30H34N4O5. The van der Waals surface area contributed by atoms with E-state index in [9.17, 15) is 9.59 Å². The lowest BCUT2D eigenvalue weighted by atomic mass is 10.1. The van der Waals surface area contributed by atoms with Gasteiger partial charge in [-0.1, -0.05) is 38.1 Å². The molecule has 0 saturated heterocycles. The highest BCUT2D eigenvalue weighted by molar-refractivity contribution is 5.91. The van der Waals surface area contributed by atoms with Crippen molar-refractivity contribution in [2.45, 2.75) is 32.7 Å². The predicted octanol–water partition coefficient (Wildman–Crippen LogP) is 5.81. The quantitative estimate of drug-likeness (QED) is 0.278. The van der Waals surface area contributed by atoms with E-state index in [0.717, 1.165) is 0 Å². The molecule has 0 radical (unpaired) electrons. The second-order valence-corrected chi connectivity index (χ2v) is 8.91. The predicted molar refractivity (Wildman–Crippen MR) is 152 cm³/mol. The summed E-state index contributed by atoms with van der Waals surface area (Å²) in [6.45, 7) is 4.42. The number of methoxy groups -OCH3 is 3. The first-order valence-electron chi connectivity index (χ1n) is 12.9. The number of para-hydroxylation sites is 3. The Morgan fingerprint density at radius 2 is 1.67 bits per heavy atom. The molecule has 1 heterocycles. The summed E-state index contributed by atoms with van der Waals surface area (Å²) in [5.41, 5.74) is 1.40. The number of hydrogen-bond acceptors (Lipinski definition) is 6. The summed E-state index contributed by atoms with van der Waals surface area (Å²) in [7, 11) is 4.67. The highest BCUT2D eigenvalue weighted by atomic mass is 16.5. The van der Waals surface area contributed by atoms with Crippen LogP contribution < -0.4 is 25.1 Å². The van der Waals surface area contributed by atoms with Crippen LogP contribution in [0.2, 0.25) is 0 Å². The van der Waals surface area contributed by atoms with E-state index in [-0.39, 0.29) is 11.6 Å². The Morgan fingerprint density at radius 1 is 0.949 bits per heavy atom. The van der Waals surface area contributed by atoms with Crippen LogP contribution in [-0.4, -0.2) is 48.4 Å². The van der Waals surface area contributed by atoms with Crippen LogP contribution in [0.15, 0.2) is 71.5 Å². The SMILES string of the molecule is CCCN(C(=O)Nc1ccc(OC)cc1OC)C(CC)c1nc2ccccc2c(=O)n1-c1ccccc1OC. The van der Waals surface area contributed by atoms with Crippen molar-refractivity contribution in [2.24, 2.45) is 0 Å². The van der Waals surface area contributed by atoms with Gasteiger partial charge in [-0.25, -0.2) is 9.78 Å². The molecule has 0 fully saturated rings. The van der Waals surface area contributed by atoms with Crippen molar-refractivity contribution in [1.29, 1.82) is 0 Å². The minimum atomic E-state index is -0.517. The number of aromatic nitrogens is 2. The molecule has 1 N–H and O–H groups in total. The number of nitrogens with zero attached hydrogens (tertiary/aromatic N) is 3. The first-order chi connectivity index (χ1) is 19.0. The van der Waals surface area contributed by atoms with Gasteiger partial charge < -0.3 is 24.4 Å². The number of amides is 2. The molecule has 9 heteroatoms. The zero-order valence-electron chi connectivity index (χ0n) is 22.9. The molecular weight excluding hydrogens is 496 g/mol. The van der Waals surface area contributed by atoms with Gasteiger partial charge in [-0.3, -0.25) is 9.36 Å². The van der Waals surface area contributed by atoms with E-state index < -0.39 is 6.04 Å². The topological polar surface area (TPSA) is 94.9 Å². The zero-order valence-corrected chi connectivity index (χ0v) is 22.9. The largest absolute Gasteiger partial charge is 0.497 e. The maximum Gasteiger partial charge on any atom is 0.322 e. The summed E-state index contributed by atoms with van der Waals surface area (Å²) >= 11 is 0. The Labute approximate surface area is 227 Å². The molecule has 0 bridgehead atoms. The van der Waals surface area contributed by atoms with Crippen molar-refractivity contribution in [2.75, 3.05) is 33.2 Å². The van der Waals surface area contributed by atoms with E-state index in [0.29, 0.717) is 64.7 Å². The summed E-state index contributed by atoms with van der Waals surface area (Å²) in [5.74, 6) is 2.07. The highest BCUT2D eigenvalue weighted by Crippen LogP contribution is 2.32. The molecule has 0 saturated carbocycles. The third-order valence-corrected chi connectivity index (χ3v) is 6.56. The number of hydrogen-bond donors (Lipinski definition) is 1. The summed E-state index contributed by atoms with van der Waals surface area (Å²) in [5, 5.41) is 3.47. The van der Waals surface area contributed by atoms with Gasteiger partial charge in [0.05, 0.1) is 49.6 Å². The fraction of sp³-hybridized carbons (Fsp3) is 0.300. The maximum atomic E-state index is 13.9. The molecule has 204 valence electrons. The Hall–Kier alpha value is -4.53. The molecule has 0 aliphatic heterocycles. The number of carbonyl (C=O) groups excluding carboxylic acids is 1. The third-order valence-electron chi connectivity index (χ3n) is 6.56. The Balaban J connectivity index is 1.87. The van der Waals surface area contributed by atoms with Gasteiger partial charge in [0, 0.05) is 12.6 Å². The normalized spacial score (nSPS) is 11.6. The number of anilines is 1. The standard InChI is InChI=1S/C30H34N4O5/c1-6-18-33(30(36)32-23-17-16-20(37-3)19-27(23)39-5)24(7-2)28-31-22-13-9-8-12-21(22)29(35)34(28)25-14-10-11-15-26(25)38-4/h8-17,19,24H,6-7,18H2,1-5H3,(H,32,36). The minimum Gasteiger partial charge on any atom is -0.497 e. The summed E-state index contributed by atoms with van der Waals surface area (Å²) in [6.07, 6.45) is 1.23. The van der Waals surface area contributed by atoms with Gasteiger partial charge in [0.25, 0.3) is 5.56 Å². The third kappa shape index (κ3) is 5.52. The molecule has 4 rings (SSSR count). The van der Waals surface area contributed by atoms with Crippen LogP contribution in [0.3, 0.4) is 0 Å². The fourth-order valence-corrected chi connectivity index (χ4v) is 4.69. The van der Waals surface area contributed by atoms with Crippen LogP contribution in [0, 0.1) is 0 Å². The van der Waals surface area contributed by atoms with E-state index in [4.69, 9.17) is 19.2 Å². The molecule has 2 amide bonds. The molecule has 3 aromatic carbocycles. The van der Waals surface area contributed by atoms with Crippen LogP contribution >= 0.6 is 0 Å². The van der Waals surface area contributed by atoms with Crippen molar-refractivity contribution < 1.29 is 19.0 Å². The second-order valence-electron chi connectivity index (χ2n) is 8.91. The molecule has 0 aliphatic rings. The number of nitrogens with one attached hydrogen (secondary N) is 1. The average Bonchev–Trinajstić information content (AvgIpc) is 2.97. The molecule has 9 nitrogen and oxygen atoms in total. The van der Waals surface area contributed by atoms with Crippen molar-refractivity contribution in [3.63, 3.8) is 0 Å². The summed E-state index contributed by atoms with van der Waals surface area (Å²) in [4.78, 5) is 34.4. The van der Waals surface area contributed by atoms with Crippen molar-refractivity contribution in [1.82, 2.24) is 14.5 Å². The van der Waals surface area contributed by atoms with E-state index in [2.05, 4.69) is 5.32 Å². The van der Waals surface area contributed by atoms with Gasteiger partial charge >= 0.3 is 6.03 Å². The Morgan fingerprint density at radius 3 is 2.36 bits per heavy atom. The molecule has 1 unspecified atom stereocenters. The van der Waals surface area contributed by atoms with Gasteiger partial charge in [0.15, 0.2) is 0 Å². The number of carbonyl (C=O) groups is 1. The van der Waals surface area contributed by atoms with Crippen molar-refractivity contribution in [3.8, 4) is 22.9 Å². The van der Waals surface area contributed by atoms with Crippen LogP contribution in [0.25, 0.3) is 16.6 Å². The van der Waals surface area contributed by atoms with Gasteiger partial charge in [-0.2, -0.15) is 0 Å². The molecule has 39 heavy (non-hydrogen) atoms.